The van der Waals surface area contributed by atoms with Gasteiger partial charge in [-0.25, -0.2) is 0 Å². The maximum Gasteiger partial charge on any atom is 0.189 e. The number of hydrogen-bond donors (Lipinski definition) is 1. The molecule has 1 aliphatic rings. The van der Waals surface area contributed by atoms with Crippen LogP contribution >= 0.6 is 15.9 Å². The lowest BCUT2D eigenvalue weighted by atomic mass is 9.68. The molecular formula is C16H16BrNO2. The minimum Gasteiger partial charge on any atom is -0.352 e. The van der Waals surface area contributed by atoms with Gasteiger partial charge in [-0.3, -0.25) is 9.59 Å². The van der Waals surface area contributed by atoms with Crippen molar-refractivity contribution in [2.75, 3.05) is 0 Å². The van der Waals surface area contributed by atoms with Gasteiger partial charge in [0.1, 0.15) is 5.78 Å². The molecule has 4 heteroatoms. The first-order valence-corrected chi connectivity index (χ1v) is 7.47. The molecule has 20 heavy (non-hydrogen) atoms. The number of Topliss-reactive ketones (excluding diaryl/α,β-unsaturated/α-hetero) is 2. The van der Waals surface area contributed by atoms with Crippen LogP contribution in [0.25, 0.3) is 10.9 Å². The number of H-pyrrole nitrogens is 1. The van der Waals surface area contributed by atoms with Crippen LogP contribution in [-0.4, -0.2) is 16.6 Å². The summed E-state index contributed by atoms with van der Waals surface area (Å²) >= 11 is 3.48. The molecule has 1 atom stereocenters. The Morgan fingerprint density at radius 2 is 2.10 bits per heavy atom. The number of aromatic nitrogens is 1. The van der Waals surface area contributed by atoms with Crippen molar-refractivity contribution in [3.8, 4) is 0 Å². The van der Waals surface area contributed by atoms with E-state index in [1.165, 1.54) is 6.92 Å². The fourth-order valence-electron chi connectivity index (χ4n) is 3.26. The summed E-state index contributed by atoms with van der Waals surface area (Å²) < 4.78 is 0.990. The number of benzene rings is 1. The average molecular weight is 334 g/mol. The normalized spacial score (nSPS) is 21.0. The van der Waals surface area contributed by atoms with Gasteiger partial charge in [0.15, 0.2) is 5.78 Å². The molecule has 0 amide bonds. The van der Waals surface area contributed by atoms with E-state index in [1.807, 2.05) is 18.2 Å². The van der Waals surface area contributed by atoms with E-state index in [2.05, 4.69) is 34.8 Å². The summed E-state index contributed by atoms with van der Waals surface area (Å²) in [4.78, 5) is 27.5. The molecule has 0 radical (unpaired) electrons. The second-order valence-corrected chi connectivity index (χ2v) is 7.10. The molecule has 1 N–H and O–H groups in total. The van der Waals surface area contributed by atoms with Crippen molar-refractivity contribution in [2.24, 2.45) is 5.92 Å². The molecule has 0 bridgehead atoms. The monoisotopic (exact) mass is 333 g/mol. The third kappa shape index (κ3) is 1.85. The first-order chi connectivity index (χ1) is 9.31. The number of nitrogens with one attached hydrogen (secondary N) is 1. The molecule has 1 aliphatic carbocycles. The highest BCUT2D eigenvalue weighted by Gasteiger charge is 2.42. The number of hydrogen-bond acceptors (Lipinski definition) is 2. The molecule has 1 unspecified atom stereocenters. The van der Waals surface area contributed by atoms with Gasteiger partial charge >= 0.3 is 0 Å². The number of rotatable bonds is 1. The van der Waals surface area contributed by atoms with Gasteiger partial charge < -0.3 is 4.98 Å². The van der Waals surface area contributed by atoms with E-state index in [-0.39, 0.29) is 17.0 Å². The van der Waals surface area contributed by atoms with Crippen LogP contribution in [-0.2, 0) is 10.2 Å². The smallest absolute Gasteiger partial charge is 0.189 e. The van der Waals surface area contributed by atoms with Crippen molar-refractivity contribution in [1.82, 2.24) is 4.98 Å². The SMILES string of the molecule is CC(=O)C1CC(C)(C)c2c([nH]c3ccc(Br)cc23)C1=O. The maximum atomic E-state index is 12.5. The van der Waals surface area contributed by atoms with Crippen LogP contribution in [0.1, 0.15) is 43.2 Å². The summed E-state index contributed by atoms with van der Waals surface area (Å²) in [5, 5.41) is 1.06. The summed E-state index contributed by atoms with van der Waals surface area (Å²) in [7, 11) is 0. The zero-order chi connectivity index (χ0) is 14.7. The molecule has 104 valence electrons. The lowest BCUT2D eigenvalue weighted by molar-refractivity contribution is -0.120. The zero-order valence-electron chi connectivity index (χ0n) is 11.7. The largest absolute Gasteiger partial charge is 0.352 e. The zero-order valence-corrected chi connectivity index (χ0v) is 13.3. The van der Waals surface area contributed by atoms with Crippen molar-refractivity contribution in [2.45, 2.75) is 32.6 Å². The summed E-state index contributed by atoms with van der Waals surface area (Å²) in [5.74, 6) is -0.637. The van der Waals surface area contributed by atoms with Crippen LogP contribution < -0.4 is 0 Å². The summed E-state index contributed by atoms with van der Waals surface area (Å²) in [6.45, 7) is 5.70. The quantitative estimate of drug-likeness (QED) is 0.802. The van der Waals surface area contributed by atoms with E-state index in [0.717, 1.165) is 20.9 Å². The highest BCUT2D eigenvalue weighted by molar-refractivity contribution is 9.10. The molecule has 3 nitrogen and oxygen atoms in total. The topological polar surface area (TPSA) is 49.9 Å². The highest BCUT2D eigenvalue weighted by atomic mass is 79.9. The van der Waals surface area contributed by atoms with Gasteiger partial charge in [0.25, 0.3) is 0 Å². The predicted octanol–water partition coefficient (Wildman–Crippen LogP) is 4.00. The fraction of sp³-hybridized carbons (Fsp3) is 0.375. The number of carbonyl (C=O) groups is 2. The van der Waals surface area contributed by atoms with Crippen LogP contribution in [0.4, 0.5) is 0 Å². The summed E-state index contributed by atoms with van der Waals surface area (Å²) in [6.07, 6.45) is 0.577. The van der Waals surface area contributed by atoms with Crippen LogP contribution in [0.15, 0.2) is 22.7 Å². The minimum absolute atomic E-state index is 0.0476. The Hall–Kier alpha value is -1.42. The molecule has 3 rings (SSSR count). The Labute approximate surface area is 125 Å². The molecule has 2 aromatic rings. The molecule has 0 fully saturated rings. The van der Waals surface area contributed by atoms with Gasteiger partial charge in [0, 0.05) is 15.4 Å². The van der Waals surface area contributed by atoms with Crippen LogP contribution in [0.2, 0.25) is 0 Å². The van der Waals surface area contributed by atoms with E-state index < -0.39 is 5.92 Å². The summed E-state index contributed by atoms with van der Waals surface area (Å²) in [5.41, 5.74) is 2.40. The van der Waals surface area contributed by atoms with Gasteiger partial charge in [-0.2, -0.15) is 0 Å². The van der Waals surface area contributed by atoms with E-state index >= 15 is 0 Å². The molecule has 0 spiro atoms. The van der Waals surface area contributed by atoms with Gasteiger partial charge in [-0.15, -0.1) is 0 Å². The Morgan fingerprint density at radius 3 is 2.75 bits per heavy atom. The van der Waals surface area contributed by atoms with Crippen LogP contribution in [0.5, 0.6) is 0 Å². The third-order valence-corrected chi connectivity index (χ3v) is 4.70. The van der Waals surface area contributed by atoms with Gasteiger partial charge in [0.05, 0.1) is 11.6 Å². The molecule has 0 saturated carbocycles. The molecule has 1 heterocycles. The van der Waals surface area contributed by atoms with Gasteiger partial charge in [0.2, 0.25) is 0 Å². The van der Waals surface area contributed by atoms with Crippen molar-refractivity contribution in [3.63, 3.8) is 0 Å². The van der Waals surface area contributed by atoms with E-state index in [9.17, 15) is 9.59 Å². The number of fused-ring (bicyclic) bond motifs is 3. The van der Waals surface area contributed by atoms with Crippen molar-refractivity contribution < 1.29 is 9.59 Å². The predicted molar refractivity (Wildman–Crippen MR) is 82.1 cm³/mol. The highest BCUT2D eigenvalue weighted by Crippen LogP contribution is 2.44. The lowest BCUT2D eigenvalue weighted by Gasteiger charge is -2.33. The standard InChI is InChI=1S/C16H16BrNO2/c1-8(19)11-7-16(2,3)13-10-6-9(17)4-5-12(10)18-14(13)15(11)20/h4-6,11,18H,7H2,1-3H3. The number of halogens is 1. The van der Waals surface area contributed by atoms with Gasteiger partial charge in [-0.05, 0) is 42.5 Å². The molecule has 1 aromatic heterocycles. The first kappa shape index (κ1) is 13.6. The second kappa shape index (κ2) is 4.29. The van der Waals surface area contributed by atoms with Crippen LogP contribution in [0, 0.1) is 5.92 Å². The Morgan fingerprint density at radius 1 is 1.40 bits per heavy atom. The first-order valence-electron chi connectivity index (χ1n) is 6.67. The molecular weight excluding hydrogens is 318 g/mol. The van der Waals surface area contributed by atoms with E-state index in [1.54, 1.807) is 0 Å². The van der Waals surface area contributed by atoms with Crippen molar-refractivity contribution in [3.05, 3.63) is 33.9 Å². The Bertz CT molecular complexity index is 742. The molecule has 1 aromatic carbocycles. The van der Waals surface area contributed by atoms with Crippen molar-refractivity contribution in [1.29, 1.82) is 0 Å². The Kier molecular flexibility index (Phi) is 2.91. The second-order valence-electron chi connectivity index (χ2n) is 6.18. The average Bonchev–Trinajstić information content (AvgIpc) is 2.73. The maximum absolute atomic E-state index is 12.5. The molecule has 0 aliphatic heterocycles. The number of carbonyl (C=O) groups excluding carboxylic acids is 2. The minimum atomic E-state index is -0.519. The third-order valence-electron chi connectivity index (χ3n) is 4.21. The van der Waals surface area contributed by atoms with E-state index in [4.69, 9.17) is 0 Å². The number of ketones is 2. The number of aromatic amines is 1. The van der Waals surface area contributed by atoms with Crippen LogP contribution in [0.3, 0.4) is 0 Å². The Balaban J connectivity index is 2.32. The fourth-order valence-corrected chi connectivity index (χ4v) is 3.62. The lowest BCUT2D eigenvalue weighted by Crippen LogP contribution is -2.37. The molecule has 0 saturated heterocycles. The van der Waals surface area contributed by atoms with Gasteiger partial charge in [-0.1, -0.05) is 29.8 Å². The van der Waals surface area contributed by atoms with E-state index in [0.29, 0.717) is 12.1 Å². The summed E-state index contributed by atoms with van der Waals surface area (Å²) in [6, 6.07) is 5.95. The van der Waals surface area contributed by atoms with Crippen molar-refractivity contribution >= 4 is 38.4 Å².